The lowest BCUT2D eigenvalue weighted by Gasteiger charge is -2.25. The van der Waals surface area contributed by atoms with Crippen LogP contribution >= 0.6 is 0 Å². The van der Waals surface area contributed by atoms with Gasteiger partial charge in [0.25, 0.3) is 0 Å². The molecule has 0 fully saturated rings. The van der Waals surface area contributed by atoms with Crippen LogP contribution in [-0.4, -0.2) is 39.2 Å². The molecule has 1 nitrogen and oxygen atoms in total. The smallest absolute Gasteiger partial charge is 0.136 e. The molecule has 210 valence electrons. The first-order chi connectivity index (χ1) is 23.4. The Morgan fingerprint density at radius 3 is 1.50 bits per heavy atom. The van der Waals surface area contributed by atoms with Crippen molar-refractivity contribution in [3.8, 4) is 33.4 Å². The number of para-hydroxylation sites is 1. The standard InChI is InChI=1S/C42H21B5O/c43-38-37(39(44)41(46)42(47)40(38)45)36-28-15-5-3-13-26(28)34(27-14-4-6-16-29(27)36)31-20-23(25-18-9-11-22-10-1-2-12-24(22)25)21-33-35(31)30-17-7-8-19-32(30)48-33/h1-21H. The van der Waals surface area contributed by atoms with Crippen molar-refractivity contribution in [3.63, 3.8) is 0 Å². The molecule has 1 aromatic heterocycles. The maximum absolute atomic E-state index is 6.72. The molecular weight excluding hydrogens is 575 g/mol. The monoisotopic (exact) mass is 596 g/mol. The molecule has 0 saturated carbocycles. The van der Waals surface area contributed by atoms with E-state index < -0.39 is 0 Å². The molecule has 0 saturated heterocycles. The summed E-state index contributed by atoms with van der Waals surface area (Å²) in [5.41, 5.74) is 8.71. The number of fused-ring (bicyclic) bond motifs is 6. The van der Waals surface area contributed by atoms with Crippen LogP contribution in [0.25, 0.3) is 87.6 Å². The Balaban J connectivity index is 1.48. The summed E-state index contributed by atoms with van der Waals surface area (Å²) in [5, 5.41) is 8.44. The molecule has 6 heteroatoms. The summed E-state index contributed by atoms with van der Waals surface area (Å²) in [4.78, 5) is 0. The minimum atomic E-state index is 0.193. The Labute approximate surface area is 285 Å². The molecule has 1 heterocycles. The van der Waals surface area contributed by atoms with E-state index in [2.05, 4.69) is 103 Å². The number of furan rings is 1. The van der Waals surface area contributed by atoms with Crippen LogP contribution in [0.1, 0.15) is 0 Å². The van der Waals surface area contributed by atoms with Crippen molar-refractivity contribution in [1.29, 1.82) is 0 Å². The Morgan fingerprint density at radius 2 is 0.854 bits per heavy atom. The maximum atomic E-state index is 6.72. The molecule has 10 radical (unpaired) electrons. The van der Waals surface area contributed by atoms with Gasteiger partial charge in [0, 0.05) is 10.8 Å². The molecule has 48 heavy (non-hydrogen) atoms. The Kier molecular flexibility index (Phi) is 6.53. The highest BCUT2D eigenvalue weighted by Crippen LogP contribution is 2.48. The highest BCUT2D eigenvalue weighted by molar-refractivity contribution is 6.69. The van der Waals surface area contributed by atoms with E-state index in [0.29, 0.717) is 16.5 Å². The minimum absolute atomic E-state index is 0.193. The Bertz CT molecular complexity index is 2700. The van der Waals surface area contributed by atoms with Crippen molar-refractivity contribution in [1.82, 2.24) is 0 Å². The van der Waals surface area contributed by atoms with Crippen LogP contribution in [0.5, 0.6) is 0 Å². The zero-order valence-corrected chi connectivity index (χ0v) is 25.9. The quantitative estimate of drug-likeness (QED) is 0.180. The van der Waals surface area contributed by atoms with Crippen LogP contribution in [0, 0.1) is 0 Å². The van der Waals surface area contributed by atoms with Gasteiger partial charge in [-0.3, -0.25) is 0 Å². The normalized spacial score (nSPS) is 11.8. The van der Waals surface area contributed by atoms with Gasteiger partial charge in [-0.25, -0.2) is 0 Å². The minimum Gasteiger partial charge on any atom is -0.456 e. The second kappa shape index (κ2) is 10.9. The molecule has 0 aliphatic heterocycles. The van der Waals surface area contributed by atoms with Gasteiger partial charge >= 0.3 is 0 Å². The van der Waals surface area contributed by atoms with Crippen molar-refractivity contribution < 1.29 is 4.42 Å². The molecular formula is C42H21B5O. The Hall–Kier alpha value is -5.34. The van der Waals surface area contributed by atoms with Gasteiger partial charge in [0.1, 0.15) is 50.4 Å². The first-order valence-corrected chi connectivity index (χ1v) is 15.8. The predicted octanol–water partition coefficient (Wildman–Crippen LogP) is 6.02. The molecule has 9 aromatic rings. The summed E-state index contributed by atoms with van der Waals surface area (Å²) in [6.45, 7) is 0. The highest BCUT2D eigenvalue weighted by atomic mass is 16.3. The zero-order valence-electron chi connectivity index (χ0n) is 25.9. The molecule has 0 bridgehead atoms. The van der Waals surface area contributed by atoms with Crippen molar-refractivity contribution in [2.45, 2.75) is 0 Å². The zero-order chi connectivity index (χ0) is 32.7. The topological polar surface area (TPSA) is 13.1 Å². The molecule has 0 aliphatic rings. The summed E-state index contributed by atoms with van der Waals surface area (Å²) in [5.74, 6) is 0. The van der Waals surface area contributed by atoms with Crippen LogP contribution in [0.4, 0.5) is 0 Å². The summed E-state index contributed by atoms with van der Waals surface area (Å²) in [6.07, 6.45) is 0. The van der Waals surface area contributed by atoms with Gasteiger partial charge in [-0.15, -0.1) is 16.4 Å². The molecule has 0 N–H and O–H groups in total. The third kappa shape index (κ3) is 4.12. The predicted molar refractivity (Wildman–Crippen MR) is 209 cm³/mol. The van der Waals surface area contributed by atoms with Crippen molar-refractivity contribution >= 4 is 121 Å². The van der Waals surface area contributed by atoms with Gasteiger partial charge in [0.15, 0.2) is 0 Å². The van der Waals surface area contributed by atoms with Gasteiger partial charge in [0.05, 0.1) is 0 Å². The van der Waals surface area contributed by atoms with Crippen LogP contribution in [0.15, 0.2) is 132 Å². The second-order valence-electron chi connectivity index (χ2n) is 12.3. The molecule has 0 atom stereocenters. The summed E-state index contributed by atoms with van der Waals surface area (Å²) in [7, 11) is 32.5. The molecule has 8 aromatic carbocycles. The maximum Gasteiger partial charge on any atom is 0.136 e. The fourth-order valence-electron chi connectivity index (χ4n) is 7.49. The van der Waals surface area contributed by atoms with Crippen molar-refractivity contribution in [2.24, 2.45) is 0 Å². The van der Waals surface area contributed by atoms with E-state index in [1.807, 2.05) is 24.3 Å². The number of hydrogen-bond donors (Lipinski definition) is 0. The molecule has 0 unspecified atom stereocenters. The number of hydrogen-bond acceptors (Lipinski definition) is 1. The van der Waals surface area contributed by atoms with Gasteiger partial charge in [-0.2, -0.15) is 0 Å². The third-order valence-corrected chi connectivity index (χ3v) is 9.73. The van der Waals surface area contributed by atoms with E-state index in [4.69, 9.17) is 43.6 Å². The third-order valence-electron chi connectivity index (χ3n) is 9.73. The second-order valence-corrected chi connectivity index (χ2v) is 12.3. The lowest BCUT2D eigenvalue weighted by atomic mass is 9.59. The van der Waals surface area contributed by atoms with Gasteiger partial charge in [-0.1, -0.05) is 120 Å². The van der Waals surface area contributed by atoms with Crippen LogP contribution in [0.2, 0.25) is 0 Å². The van der Waals surface area contributed by atoms with Gasteiger partial charge < -0.3 is 4.42 Å². The van der Waals surface area contributed by atoms with Crippen molar-refractivity contribution in [3.05, 3.63) is 127 Å². The average Bonchev–Trinajstić information content (AvgIpc) is 3.51. The lowest BCUT2D eigenvalue weighted by molar-refractivity contribution is 0.669. The summed E-state index contributed by atoms with van der Waals surface area (Å²) in [6, 6.07) is 44.3. The SMILES string of the molecule is [B]c1c([B])c([B])c(-c2c3ccccc3c(-c3cc(-c4cccc5ccccc45)cc4oc5ccccc5c34)c3ccccc23)c([B])c1[B]. The molecule has 0 amide bonds. The first-order valence-electron chi connectivity index (χ1n) is 15.8. The highest BCUT2D eigenvalue weighted by Gasteiger charge is 2.23. The van der Waals surface area contributed by atoms with Crippen LogP contribution < -0.4 is 27.3 Å². The van der Waals surface area contributed by atoms with Gasteiger partial charge in [0.2, 0.25) is 0 Å². The van der Waals surface area contributed by atoms with Crippen LogP contribution in [0.3, 0.4) is 0 Å². The van der Waals surface area contributed by atoms with E-state index in [1.165, 1.54) is 10.8 Å². The van der Waals surface area contributed by atoms with E-state index in [1.54, 1.807) is 0 Å². The number of benzene rings is 8. The largest absolute Gasteiger partial charge is 0.456 e. The van der Waals surface area contributed by atoms with Crippen molar-refractivity contribution in [2.75, 3.05) is 0 Å². The molecule has 0 aliphatic carbocycles. The van der Waals surface area contributed by atoms with Gasteiger partial charge in [-0.05, 0) is 83.9 Å². The number of rotatable bonds is 3. The molecule has 9 rings (SSSR count). The Morgan fingerprint density at radius 1 is 0.354 bits per heavy atom. The van der Waals surface area contributed by atoms with E-state index >= 15 is 0 Å². The fourth-order valence-corrected chi connectivity index (χ4v) is 7.49. The fraction of sp³-hybridized carbons (Fsp3) is 0. The summed E-state index contributed by atoms with van der Waals surface area (Å²) >= 11 is 0. The summed E-state index contributed by atoms with van der Waals surface area (Å²) < 4.78 is 6.60. The molecule has 0 spiro atoms. The first kappa shape index (κ1) is 28.9. The van der Waals surface area contributed by atoms with E-state index in [9.17, 15) is 0 Å². The lowest BCUT2D eigenvalue weighted by Crippen LogP contribution is -2.55. The average molecular weight is 596 g/mol. The van der Waals surface area contributed by atoms with E-state index in [-0.39, 0.29) is 16.4 Å². The van der Waals surface area contributed by atoms with E-state index in [0.717, 1.165) is 71.3 Å². The van der Waals surface area contributed by atoms with Crippen LogP contribution in [-0.2, 0) is 0 Å².